The van der Waals surface area contributed by atoms with Crippen molar-refractivity contribution < 1.29 is 32.3 Å². The van der Waals surface area contributed by atoms with E-state index in [0.717, 1.165) is 4.90 Å². The minimum atomic E-state index is -3.99. The molecule has 0 aliphatic carbocycles. The van der Waals surface area contributed by atoms with E-state index in [1.807, 2.05) is 0 Å². The topological polar surface area (TPSA) is 157 Å². The highest BCUT2D eigenvalue weighted by molar-refractivity contribution is 7.89. The molecule has 2 aliphatic rings. The summed E-state index contributed by atoms with van der Waals surface area (Å²) in [6.45, 7) is 2.77. The zero-order chi connectivity index (χ0) is 24.8. The van der Waals surface area contributed by atoms with E-state index in [-0.39, 0.29) is 47.6 Å². The van der Waals surface area contributed by atoms with Crippen molar-refractivity contribution in [1.82, 2.24) is 14.2 Å². The lowest BCUT2D eigenvalue weighted by Gasteiger charge is -2.30. The molecule has 0 saturated carbocycles. The number of piperidine rings is 1. The Morgan fingerprint density at radius 1 is 1.21 bits per heavy atom. The highest BCUT2D eigenvalue weighted by Crippen LogP contribution is 2.33. The number of aryl methyl sites for hydroxylation is 1. The molecule has 1 fully saturated rings. The number of nitrogens with zero attached hydrogens (tertiary/aromatic N) is 3. The highest BCUT2D eigenvalue weighted by Gasteiger charge is 2.40. The summed E-state index contributed by atoms with van der Waals surface area (Å²) in [6, 6.07) is 4.22. The van der Waals surface area contributed by atoms with Gasteiger partial charge in [-0.1, -0.05) is 0 Å². The molecule has 0 bridgehead atoms. The third-order valence-electron chi connectivity index (χ3n) is 6.10. The summed E-state index contributed by atoms with van der Waals surface area (Å²) >= 11 is 0. The summed E-state index contributed by atoms with van der Waals surface area (Å²) in [7, 11) is -3.99. The molecule has 2 N–H and O–H groups in total. The minimum Gasteiger partial charge on any atom is -0.464 e. The first-order valence-electron chi connectivity index (χ1n) is 10.8. The van der Waals surface area contributed by atoms with Crippen molar-refractivity contribution in [3.05, 3.63) is 35.0 Å². The molecule has 4 rings (SSSR count). The van der Waals surface area contributed by atoms with Crippen molar-refractivity contribution in [2.75, 3.05) is 26.2 Å². The summed E-state index contributed by atoms with van der Waals surface area (Å²) in [4.78, 5) is 54.0. The number of hydrogen-bond donors (Lipinski definition) is 1. The van der Waals surface area contributed by atoms with Crippen LogP contribution in [-0.2, 0) is 24.3 Å². The van der Waals surface area contributed by atoms with E-state index in [0.29, 0.717) is 24.1 Å². The largest absolute Gasteiger partial charge is 0.464 e. The lowest BCUT2D eigenvalue weighted by Crippen LogP contribution is -2.44. The number of hydrogen-bond acceptors (Lipinski definition) is 8. The number of amides is 3. The van der Waals surface area contributed by atoms with Gasteiger partial charge in [-0.3, -0.25) is 29.1 Å². The maximum Gasteiger partial charge on any atom is 0.302 e. The van der Waals surface area contributed by atoms with Crippen molar-refractivity contribution in [2.45, 2.75) is 31.6 Å². The van der Waals surface area contributed by atoms with Crippen LogP contribution in [0.5, 0.6) is 0 Å². The molecule has 12 heteroatoms. The third-order valence-corrected chi connectivity index (χ3v) is 7.96. The standard InChI is InChI=1S/C22H24N4O7S/c1-12-18-19(22(30)26(21(18)29)8-9-33-13(2)27)16-10-15(5-6-17(16)24-12)34(31,32)25-7-3-4-14(11-25)20(23)28/h5-6,10,14H,3-4,7-9,11H2,1-2H3,(H2,23,28). The maximum atomic E-state index is 13.3. The fourth-order valence-corrected chi connectivity index (χ4v) is 5.95. The SMILES string of the molecule is CC(=O)OCCN1C(=O)c2c(C)nc3ccc(S(=O)(=O)N4CCCC(C(N)=O)C4)cc3c2C1=O. The molecule has 3 heterocycles. The minimum absolute atomic E-state index is 0.0126. The summed E-state index contributed by atoms with van der Waals surface area (Å²) in [6.07, 6.45) is 1.02. The Labute approximate surface area is 195 Å². The number of carbonyl (C=O) groups is 4. The van der Waals surface area contributed by atoms with E-state index < -0.39 is 39.6 Å². The molecular weight excluding hydrogens is 464 g/mol. The second-order valence-electron chi connectivity index (χ2n) is 8.33. The van der Waals surface area contributed by atoms with Crippen molar-refractivity contribution in [3.63, 3.8) is 0 Å². The second-order valence-corrected chi connectivity index (χ2v) is 10.3. The number of pyridine rings is 1. The normalized spacial score (nSPS) is 18.9. The lowest BCUT2D eigenvalue weighted by molar-refractivity contribution is -0.141. The molecule has 2 aromatic rings. The monoisotopic (exact) mass is 488 g/mol. The average molecular weight is 489 g/mol. The number of esters is 1. The summed E-state index contributed by atoms with van der Waals surface area (Å²) in [5.74, 6) is -2.83. The van der Waals surface area contributed by atoms with Gasteiger partial charge >= 0.3 is 5.97 Å². The van der Waals surface area contributed by atoms with Crippen LogP contribution in [0.15, 0.2) is 23.1 Å². The average Bonchev–Trinajstić information content (AvgIpc) is 3.04. The van der Waals surface area contributed by atoms with E-state index in [2.05, 4.69) is 4.98 Å². The molecule has 34 heavy (non-hydrogen) atoms. The van der Waals surface area contributed by atoms with Gasteiger partial charge in [-0.05, 0) is 38.0 Å². The van der Waals surface area contributed by atoms with Gasteiger partial charge in [-0.15, -0.1) is 0 Å². The van der Waals surface area contributed by atoms with Gasteiger partial charge in [0.25, 0.3) is 11.8 Å². The fraction of sp³-hybridized carbons (Fsp3) is 0.409. The maximum absolute atomic E-state index is 13.3. The van der Waals surface area contributed by atoms with Gasteiger partial charge in [0.2, 0.25) is 15.9 Å². The van der Waals surface area contributed by atoms with Gasteiger partial charge in [0, 0.05) is 25.4 Å². The Bertz CT molecular complexity index is 1340. The van der Waals surface area contributed by atoms with Crippen molar-refractivity contribution >= 4 is 44.6 Å². The fourth-order valence-electron chi connectivity index (χ4n) is 4.40. The predicted molar refractivity (Wildman–Crippen MR) is 119 cm³/mol. The van der Waals surface area contributed by atoms with Gasteiger partial charge in [0.05, 0.1) is 39.7 Å². The molecule has 1 saturated heterocycles. The van der Waals surface area contributed by atoms with Crippen molar-refractivity contribution in [2.24, 2.45) is 11.7 Å². The lowest BCUT2D eigenvalue weighted by atomic mass is 9.99. The van der Waals surface area contributed by atoms with Gasteiger partial charge in [-0.2, -0.15) is 4.31 Å². The van der Waals surface area contributed by atoms with E-state index in [9.17, 15) is 27.6 Å². The van der Waals surface area contributed by atoms with Gasteiger partial charge in [0.1, 0.15) is 6.61 Å². The number of nitrogens with two attached hydrogens (primary N) is 1. The van der Waals surface area contributed by atoms with Crippen LogP contribution in [-0.4, -0.2) is 72.5 Å². The molecule has 11 nitrogen and oxygen atoms in total. The Kier molecular flexibility index (Phi) is 6.13. The zero-order valence-corrected chi connectivity index (χ0v) is 19.6. The number of sulfonamides is 1. The molecule has 1 atom stereocenters. The number of fused-ring (bicyclic) bond motifs is 3. The number of imide groups is 1. The Morgan fingerprint density at radius 2 is 1.91 bits per heavy atom. The third kappa shape index (κ3) is 4.03. The van der Waals surface area contributed by atoms with Crippen LogP contribution < -0.4 is 5.73 Å². The second kappa shape index (κ2) is 8.76. The first-order chi connectivity index (χ1) is 16.0. The molecule has 0 radical (unpaired) electrons. The van der Waals surface area contributed by atoms with E-state index in [1.54, 1.807) is 6.92 Å². The van der Waals surface area contributed by atoms with Crippen LogP contribution in [0.4, 0.5) is 0 Å². The Morgan fingerprint density at radius 3 is 2.59 bits per heavy atom. The predicted octanol–water partition coefficient (Wildman–Crippen LogP) is 0.588. The van der Waals surface area contributed by atoms with E-state index in [4.69, 9.17) is 10.5 Å². The van der Waals surface area contributed by atoms with E-state index >= 15 is 0 Å². The zero-order valence-electron chi connectivity index (χ0n) is 18.7. The summed E-state index contributed by atoms with van der Waals surface area (Å²) < 4.78 is 32.7. The number of ether oxygens (including phenoxy) is 1. The number of carbonyl (C=O) groups excluding carboxylic acids is 4. The van der Waals surface area contributed by atoms with Gasteiger partial charge < -0.3 is 10.5 Å². The molecule has 1 aromatic heterocycles. The van der Waals surface area contributed by atoms with Gasteiger partial charge in [0.15, 0.2) is 0 Å². The Balaban J connectivity index is 1.74. The number of rotatable bonds is 6. The molecule has 1 unspecified atom stereocenters. The molecule has 1 aromatic carbocycles. The molecule has 2 aliphatic heterocycles. The number of aromatic nitrogens is 1. The van der Waals surface area contributed by atoms with Crippen LogP contribution in [0.25, 0.3) is 10.9 Å². The van der Waals surface area contributed by atoms with Crippen molar-refractivity contribution in [3.8, 4) is 0 Å². The van der Waals surface area contributed by atoms with Crippen molar-refractivity contribution in [1.29, 1.82) is 0 Å². The van der Waals surface area contributed by atoms with Crippen LogP contribution in [0.2, 0.25) is 0 Å². The van der Waals surface area contributed by atoms with E-state index in [1.165, 1.54) is 29.4 Å². The smallest absolute Gasteiger partial charge is 0.302 e. The van der Waals surface area contributed by atoms with Crippen LogP contribution in [0, 0.1) is 12.8 Å². The summed E-state index contributed by atoms with van der Waals surface area (Å²) in [5, 5.41) is 0.235. The quantitative estimate of drug-likeness (QED) is 0.457. The number of benzene rings is 1. The van der Waals surface area contributed by atoms with Crippen LogP contribution in [0.1, 0.15) is 46.2 Å². The molecule has 180 valence electrons. The molecule has 3 amide bonds. The Hall–Kier alpha value is -3.38. The highest BCUT2D eigenvalue weighted by atomic mass is 32.2. The summed E-state index contributed by atoms with van der Waals surface area (Å²) in [5.41, 5.74) is 6.26. The first kappa shape index (κ1) is 23.8. The first-order valence-corrected chi connectivity index (χ1v) is 12.2. The van der Waals surface area contributed by atoms with Crippen LogP contribution >= 0.6 is 0 Å². The van der Waals surface area contributed by atoms with Gasteiger partial charge in [-0.25, -0.2) is 8.42 Å². The number of primary amides is 1. The van der Waals surface area contributed by atoms with Crippen LogP contribution in [0.3, 0.4) is 0 Å². The molecule has 0 spiro atoms. The molecular formula is C22H24N4O7S.